The van der Waals surface area contributed by atoms with Crippen molar-refractivity contribution in [1.82, 2.24) is 24.6 Å². The van der Waals surface area contributed by atoms with Crippen molar-refractivity contribution < 1.29 is 22.8 Å². The summed E-state index contributed by atoms with van der Waals surface area (Å²) < 4.78 is 38.2. The third-order valence-corrected chi connectivity index (χ3v) is 3.73. The van der Waals surface area contributed by atoms with Gasteiger partial charge in [0.2, 0.25) is 11.7 Å². The van der Waals surface area contributed by atoms with Gasteiger partial charge in [0.25, 0.3) is 5.91 Å². The van der Waals surface area contributed by atoms with Crippen LogP contribution in [-0.2, 0) is 4.79 Å². The standard InChI is InChI=1S/C14H14F3N5O2/c15-14(16,17)8-19-11(23)10-3-1-6-22(10)12(24)9-7-21-5-2-4-18-13(21)20-9/h2,4-5,7,10H,1,3,6,8H2,(H,19,23). The molecule has 0 aromatic carbocycles. The molecule has 1 aliphatic rings. The second kappa shape index (κ2) is 6.10. The molecule has 3 heterocycles. The van der Waals surface area contributed by atoms with Crippen LogP contribution in [0.4, 0.5) is 13.2 Å². The molecule has 2 amide bonds. The summed E-state index contributed by atoms with van der Waals surface area (Å²) in [5.41, 5.74) is 0.101. The van der Waals surface area contributed by atoms with E-state index >= 15 is 0 Å². The minimum Gasteiger partial charge on any atom is -0.345 e. The Hall–Kier alpha value is -2.65. The van der Waals surface area contributed by atoms with Gasteiger partial charge >= 0.3 is 6.18 Å². The summed E-state index contributed by atoms with van der Waals surface area (Å²) in [7, 11) is 0. The number of halogens is 3. The van der Waals surface area contributed by atoms with Gasteiger partial charge in [0.1, 0.15) is 18.3 Å². The highest BCUT2D eigenvalue weighted by Gasteiger charge is 2.37. The number of likely N-dealkylation sites (tertiary alicyclic amines) is 1. The lowest BCUT2D eigenvalue weighted by atomic mass is 10.2. The Bertz CT molecular complexity index is 740. The van der Waals surface area contributed by atoms with Crippen molar-refractivity contribution in [3.8, 4) is 0 Å². The third-order valence-electron chi connectivity index (χ3n) is 3.73. The zero-order valence-corrected chi connectivity index (χ0v) is 12.5. The van der Waals surface area contributed by atoms with Crippen molar-refractivity contribution in [2.75, 3.05) is 13.1 Å². The topological polar surface area (TPSA) is 79.6 Å². The Morgan fingerprint density at radius 2 is 2.17 bits per heavy atom. The van der Waals surface area contributed by atoms with E-state index in [0.29, 0.717) is 25.2 Å². The van der Waals surface area contributed by atoms with E-state index in [4.69, 9.17) is 0 Å². The molecule has 0 aliphatic carbocycles. The summed E-state index contributed by atoms with van der Waals surface area (Å²) in [6, 6.07) is 0.754. The second-order valence-corrected chi connectivity index (χ2v) is 5.44. The van der Waals surface area contributed by atoms with Gasteiger partial charge in [-0.2, -0.15) is 13.2 Å². The van der Waals surface area contributed by atoms with Gasteiger partial charge in [-0.05, 0) is 18.9 Å². The van der Waals surface area contributed by atoms with E-state index in [0.717, 1.165) is 0 Å². The zero-order chi connectivity index (χ0) is 17.3. The SMILES string of the molecule is O=C(NCC(F)(F)F)C1CCCN1C(=O)c1cn2cccnc2n1. The maximum Gasteiger partial charge on any atom is 0.405 e. The van der Waals surface area contributed by atoms with E-state index in [-0.39, 0.29) is 5.69 Å². The third kappa shape index (κ3) is 3.31. The largest absolute Gasteiger partial charge is 0.405 e. The van der Waals surface area contributed by atoms with E-state index < -0.39 is 30.6 Å². The molecular formula is C14H14F3N5O2. The molecule has 1 saturated heterocycles. The molecule has 2 aromatic heterocycles. The van der Waals surface area contributed by atoms with E-state index in [1.54, 1.807) is 16.7 Å². The summed E-state index contributed by atoms with van der Waals surface area (Å²) in [4.78, 5) is 33.9. The maximum atomic E-state index is 12.6. The number of aromatic nitrogens is 3. The molecule has 128 valence electrons. The van der Waals surface area contributed by atoms with Crippen LogP contribution in [0.5, 0.6) is 0 Å². The van der Waals surface area contributed by atoms with Crippen molar-refractivity contribution in [3.05, 3.63) is 30.4 Å². The molecule has 24 heavy (non-hydrogen) atoms. The molecule has 1 aliphatic heterocycles. The number of amides is 2. The van der Waals surface area contributed by atoms with Crippen LogP contribution in [0.1, 0.15) is 23.3 Å². The molecule has 2 aromatic rings. The Morgan fingerprint density at radius 3 is 2.88 bits per heavy atom. The Labute approximate surface area is 134 Å². The number of alkyl halides is 3. The van der Waals surface area contributed by atoms with Crippen LogP contribution in [0.3, 0.4) is 0 Å². The minimum atomic E-state index is -4.49. The Balaban J connectivity index is 1.74. The quantitative estimate of drug-likeness (QED) is 0.904. The fourth-order valence-corrected chi connectivity index (χ4v) is 2.67. The smallest absolute Gasteiger partial charge is 0.345 e. The second-order valence-electron chi connectivity index (χ2n) is 5.44. The first-order chi connectivity index (χ1) is 11.3. The molecule has 3 rings (SSSR count). The lowest BCUT2D eigenvalue weighted by Crippen LogP contribution is -2.48. The molecule has 1 unspecified atom stereocenters. The van der Waals surface area contributed by atoms with Gasteiger partial charge in [-0.25, -0.2) is 9.97 Å². The van der Waals surface area contributed by atoms with Gasteiger partial charge in [0.15, 0.2) is 0 Å². The van der Waals surface area contributed by atoms with E-state index in [1.165, 1.54) is 17.3 Å². The van der Waals surface area contributed by atoms with Crippen LogP contribution >= 0.6 is 0 Å². The molecule has 0 saturated carbocycles. The molecule has 1 N–H and O–H groups in total. The predicted molar refractivity (Wildman–Crippen MR) is 76.1 cm³/mol. The summed E-state index contributed by atoms with van der Waals surface area (Å²) in [5.74, 6) is -0.969. The lowest BCUT2D eigenvalue weighted by Gasteiger charge is -2.23. The number of hydrogen-bond donors (Lipinski definition) is 1. The van der Waals surface area contributed by atoms with E-state index in [2.05, 4.69) is 9.97 Å². The molecule has 0 radical (unpaired) electrons. The van der Waals surface area contributed by atoms with Crippen LogP contribution in [0, 0.1) is 0 Å². The number of imidazole rings is 1. The number of hydrogen-bond acceptors (Lipinski definition) is 4. The predicted octanol–water partition coefficient (Wildman–Crippen LogP) is 1.01. The molecule has 0 bridgehead atoms. The summed E-state index contributed by atoms with van der Waals surface area (Å²) in [6.07, 6.45) is 1.05. The summed E-state index contributed by atoms with van der Waals surface area (Å²) in [5, 5.41) is 1.83. The van der Waals surface area contributed by atoms with Crippen molar-refractivity contribution in [3.63, 3.8) is 0 Å². The zero-order valence-electron chi connectivity index (χ0n) is 12.5. The highest BCUT2D eigenvalue weighted by atomic mass is 19.4. The average molecular weight is 341 g/mol. The number of rotatable bonds is 3. The normalized spacial score (nSPS) is 18.1. The summed E-state index contributed by atoms with van der Waals surface area (Å²) in [6.45, 7) is -1.12. The van der Waals surface area contributed by atoms with Crippen LogP contribution in [-0.4, -0.2) is 56.4 Å². The van der Waals surface area contributed by atoms with Crippen molar-refractivity contribution in [1.29, 1.82) is 0 Å². The number of carbonyl (C=O) groups excluding carboxylic acids is 2. The number of carbonyl (C=O) groups is 2. The van der Waals surface area contributed by atoms with Gasteiger partial charge in [0, 0.05) is 25.1 Å². The van der Waals surface area contributed by atoms with Gasteiger partial charge in [-0.3, -0.25) is 14.0 Å². The number of fused-ring (bicyclic) bond motifs is 1. The molecule has 7 nitrogen and oxygen atoms in total. The van der Waals surface area contributed by atoms with E-state index in [9.17, 15) is 22.8 Å². The van der Waals surface area contributed by atoms with E-state index in [1.807, 2.05) is 5.32 Å². The van der Waals surface area contributed by atoms with Crippen LogP contribution in [0.15, 0.2) is 24.7 Å². The molecule has 0 spiro atoms. The van der Waals surface area contributed by atoms with Gasteiger partial charge in [0.05, 0.1) is 0 Å². The average Bonchev–Trinajstić information content (AvgIpc) is 3.17. The van der Waals surface area contributed by atoms with Gasteiger partial charge in [-0.15, -0.1) is 0 Å². The monoisotopic (exact) mass is 341 g/mol. The first-order valence-electron chi connectivity index (χ1n) is 7.30. The Morgan fingerprint density at radius 1 is 1.38 bits per heavy atom. The maximum absolute atomic E-state index is 12.6. The lowest BCUT2D eigenvalue weighted by molar-refractivity contribution is -0.140. The fraction of sp³-hybridized carbons (Fsp3) is 0.429. The van der Waals surface area contributed by atoms with Crippen molar-refractivity contribution in [2.45, 2.75) is 25.1 Å². The number of nitrogens with one attached hydrogen (secondary N) is 1. The Kier molecular flexibility index (Phi) is 4.12. The first-order valence-corrected chi connectivity index (χ1v) is 7.30. The van der Waals surface area contributed by atoms with Gasteiger partial charge in [-0.1, -0.05) is 0 Å². The molecule has 1 atom stereocenters. The first kappa shape index (κ1) is 16.2. The van der Waals surface area contributed by atoms with Gasteiger partial charge < -0.3 is 10.2 Å². The van der Waals surface area contributed by atoms with Crippen LogP contribution in [0.2, 0.25) is 0 Å². The molecular weight excluding hydrogens is 327 g/mol. The molecule has 10 heteroatoms. The molecule has 1 fully saturated rings. The highest BCUT2D eigenvalue weighted by molar-refractivity contribution is 5.96. The van der Waals surface area contributed by atoms with Crippen molar-refractivity contribution in [2.24, 2.45) is 0 Å². The van der Waals surface area contributed by atoms with Crippen molar-refractivity contribution >= 4 is 17.6 Å². The fourth-order valence-electron chi connectivity index (χ4n) is 2.67. The van der Waals surface area contributed by atoms with Crippen LogP contribution < -0.4 is 5.32 Å². The number of nitrogens with zero attached hydrogens (tertiary/aromatic N) is 4. The summed E-state index contributed by atoms with van der Waals surface area (Å²) >= 11 is 0. The highest BCUT2D eigenvalue weighted by Crippen LogP contribution is 2.21. The minimum absolute atomic E-state index is 0.101. The van der Waals surface area contributed by atoms with Crippen LogP contribution in [0.25, 0.3) is 5.78 Å².